The Morgan fingerprint density at radius 1 is 1.21 bits per heavy atom. The predicted molar refractivity (Wildman–Crippen MR) is 114 cm³/mol. The van der Waals surface area contributed by atoms with E-state index in [0.717, 1.165) is 39.3 Å². The molecule has 0 radical (unpaired) electrons. The number of amides is 1. The number of benzene rings is 1. The van der Waals surface area contributed by atoms with Crippen LogP contribution in [0.25, 0.3) is 0 Å². The highest BCUT2D eigenvalue weighted by molar-refractivity contribution is 7.80. The number of rotatable bonds is 3. The molecule has 0 unspecified atom stereocenters. The van der Waals surface area contributed by atoms with Crippen molar-refractivity contribution in [3.05, 3.63) is 29.6 Å². The second-order valence-corrected chi connectivity index (χ2v) is 8.94. The zero-order chi connectivity index (χ0) is 20.3. The minimum Gasteiger partial charge on any atom is -0.338 e. The van der Waals surface area contributed by atoms with Crippen molar-refractivity contribution in [2.24, 2.45) is 11.8 Å². The van der Waals surface area contributed by atoms with Crippen LogP contribution in [0.3, 0.4) is 0 Å². The molecule has 2 aliphatic heterocycles. The summed E-state index contributed by atoms with van der Waals surface area (Å²) in [6.07, 6.45) is 1.21. The SMILES string of the molecule is Cc1ccc(NC(=S)N2CC[NH+](CC(=O)N3C[C@H](C)C[C@H](C)C3)CC2)cc1F. The lowest BCUT2D eigenvalue weighted by atomic mass is 9.92. The number of nitrogens with one attached hydrogen (secondary N) is 2. The first-order valence-corrected chi connectivity index (χ1v) is 10.7. The van der Waals surface area contributed by atoms with Gasteiger partial charge in [0.2, 0.25) is 0 Å². The van der Waals surface area contributed by atoms with Gasteiger partial charge in [0.05, 0.1) is 26.2 Å². The Labute approximate surface area is 172 Å². The molecule has 7 heteroatoms. The number of halogens is 1. The van der Waals surface area contributed by atoms with Crippen LogP contribution < -0.4 is 10.2 Å². The molecular formula is C21H32FN4OS+. The van der Waals surface area contributed by atoms with E-state index in [2.05, 4.69) is 29.0 Å². The van der Waals surface area contributed by atoms with Crippen LogP contribution in [-0.4, -0.2) is 66.6 Å². The molecule has 0 spiro atoms. The molecule has 28 heavy (non-hydrogen) atoms. The molecule has 2 heterocycles. The fourth-order valence-corrected chi connectivity index (χ4v) is 4.57. The van der Waals surface area contributed by atoms with Crippen LogP contribution >= 0.6 is 12.2 Å². The second kappa shape index (κ2) is 9.18. The van der Waals surface area contributed by atoms with Gasteiger partial charge in [-0.25, -0.2) is 4.39 Å². The van der Waals surface area contributed by atoms with Crippen LogP contribution in [0.5, 0.6) is 0 Å². The number of carbonyl (C=O) groups excluding carboxylic acids is 1. The highest BCUT2D eigenvalue weighted by atomic mass is 32.1. The molecule has 1 aromatic carbocycles. The van der Waals surface area contributed by atoms with E-state index < -0.39 is 0 Å². The lowest BCUT2D eigenvalue weighted by Gasteiger charge is -2.37. The lowest BCUT2D eigenvalue weighted by Crippen LogP contribution is -3.15. The van der Waals surface area contributed by atoms with Crippen molar-refractivity contribution in [1.29, 1.82) is 0 Å². The monoisotopic (exact) mass is 407 g/mol. The molecule has 0 bridgehead atoms. The van der Waals surface area contributed by atoms with Crippen molar-refractivity contribution in [1.82, 2.24) is 9.80 Å². The van der Waals surface area contributed by atoms with E-state index in [-0.39, 0.29) is 11.7 Å². The third-order valence-corrected chi connectivity index (χ3v) is 6.16. The van der Waals surface area contributed by atoms with Gasteiger partial charge in [-0.05, 0) is 55.1 Å². The van der Waals surface area contributed by atoms with Gasteiger partial charge in [0.15, 0.2) is 11.7 Å². The molecule has 5 nitrogen and oxygen atoms in total. The van der Waals surface area contributed by atoms with Crippen LogP contribution in [0.2, 0.25) is 0 Å². The van der Waals surface area contributed by atoms with Crippen LogP contribution in [0.1, 0.15) is 25.8 Å². The number of quaternary nitrogens is 1. The van der Waals surface area contributed by atoms with Crippen molar-refractivity contribution in [2.45, 2.75) is 27.2 Å². The third kappa shape index (κ3) is 5.41. The van der Waals surface area contributed by atoms with Gasteiger partial charge >= 0.3 is 0 Å². The van der Waals surface area contributed by atoms with Gasteiger partial charge in [-0.3, -0.25) is 4.79 Å². The number of aryl methyl sites for hydroxylation is 1. The van der Waals surface area contributed by atoms with Crippen LogP contribution in [0, 0.1) is 24.6 Å². The minimum absolute atomic E-state index is 0.234. The summed E-state index contributed by atoms with van der Waals surface area (Å²) in [7, 11) is 0. The van der Waals surface area contributed by atoms with E-state index in [1.807, 2.05) is 6.07 Å². The van der Waals surface area contributed by atoms with Crippen LogP contribution in [0.15, 0.2) is 18.2 Å². The van der Waals surface area contributed by atoms with E-state index in [1.54, 1.807) is 13.0 Å². The summed E-state index contributed by atoms with van der Waals surface area (Å²) in [5.41, 5.74) is 1.29. The fraction of sp³-hybridized carbons (Fsp3) is 0.619. The highest BCUT2D eigenvalue weighted by Gasteiger charge is 2.29. The van der Waals surface area contributed by atoms with Gasteiger partial charge in [-0.1, -0.05) is 19.9 Å². The van der Waals surface area contributed by atoms with Gasteiger partial charge in [-0.2, -0.15) is 0 Å². The summed E-state index contributed by atoms with van der Waals surface area (Å²) in [6, 6.07) is 5.06. The molecule has 154 valence electrons. The average molecular weight is 408 g/mol. The maximum Gasteiger partial charge on any atom is 0.277 e. The molecule has 0 aliphatic carbocycles. The average Bonchev–Trinajstić information content (AvgIpc) is 2.64. The number of piperidine rings is 1. The first kappa shape index (κ1) is 21.0. The van der Waals surface area contributed by atoms with E-state index in [9.17, 15) is 9.18 Å². The zero-order valence-corrected chi connectivity index (χ0v) is 17.9. The number of carbonyl (C=O) groups is 1. The van der Waals surface area contributed by atoms with E-state index in [1.165, 1.54) is 17.4 Å². The fourth-order valence-electron chi connectivity index (χ4n) is 4.27. The standard InChI is InChI=1S/C21H31FN4OS/c1-15-10-16(2)13-26(12-15)20(27)14-24-6-8-25(9-7-24)21(28)23-18-5-4-17(3)19(22)11-18/h4-5,11,15-16H,6-10,12-14H2,1-3H3,(H,23,28)/p+1/t15-,16+. The summed E-state index contributed by atoms with van der Waals surface area (Å²) < 4.78 is 13.7. The van der Waals surface area contributed by atoms with E-state index in [0.29, 0.717) is 34.7 Å². The largest absolute Gasteiger partial charge is 0.338 e. The van der Waals surface area contributed by atoms with Crippen molar-refractivity contribution in [2.75, 3.05) is 51.1 Å². The normalized spacial score (nSPS) is 23.6. The maximum atomic E-state index is 13.7. The number of likely N-dealkylation sites (tertiary alicyclic amines) is 1. The number of piperazine rings is 1. The third-order valence-electron chi connectivity index (χ3n) is 5.80. The quantitative estimate of drug-likeness (QED) is 0.746. The van der Waals surface area contributed by atoms with Gasteiger partial charge in [0.25, 0.3) is 5.91 Å². The molecule has 2 saturated heterocycles. The summed E-state index contributed by atoms with van der Waals surface area (Å²) in [4.78, 5) is 18.2. The molecular weight excluding hydrogens is 375 g/mol. The Morgan fingerprint density at radius 2 is 1.86 bits per heavy atom. The molecule has 0 aromatic heterocycles. The predicted octanol–water partition coefficient (Wildman–Crippen LogP) is 1.54. The Hall–Kier alpha value is -1.73. The Bertz CT molecular complexity index is 710. The number of thiocarbonyl (C=S) groups is 1. The highest BCUT2D eigenvalue weighted by Crippen LogP contribution is 2.20. The molecule has 2 aliphatic rings. The first-order chi connectivity index (χ1) is 13.3. The van der Waals surface area contributed by atoms with Crippen molar-refractivity contribution >= 4 is 28.9 Å². The van der Waals surface area contributed by atoms with Crippen molar-refractivity contribution in [3.8, 4) is 0 Å². The summed E-state index contributed by atoms with van der Waals surface area (Å²) in [5, 5.41) is 3.75. The van der Waals surface area contributed by atoms with Gasteiger partial charge in [-0.15, -0.1) is 0 Å². The Morgan fingerprint density at radius 3 is 2.46 bits per heavy atom. The minimum atomic E-state index is -0.234. The molecule has 2 fully saturated rings. The Kier molecular flexibility index (Phi) is 6.88. The van der Waals surface area contributed by atoms with Crippen molar-refractivity contribution in [3.63, 3.8) is 0 Å². The molecule has 0 saturated carbocycles. The molecule has 2 atom stereocenters. The number of nitrogens with zero attached hydrogens (tertiary/aromatic N) is 2. The maximum absolute atomic E-state index is 13.7. The van der Waals surface area contributed by atoms with Crippen molar-refractivity contribution < 1.29 is 14.1 Å². The summed E-state index contributed by atoms with van der Waals surface area (Å²) in [5.74, 6) is 1.23. The first-order valence-electron chi connectivity index (χ1n) is 10.2. The Balaban J connectivity index is 1.45. The van der Waals surface area contributed by atoms with E-state index >= 15 is 0 Å². The smallest absolute Gasteiger partial charge is 0.277 e. The van der Waals surface area contributed by atoms with E-state index in [4.69, 9.17) is 12.2 Å². The summed E-state index contributed by atoms with van der Waals surface area (Å²) >= 11 is 5.49. The second-order valence-electron chi connectivity index (χ2n) is 8.55. The van der Waals surface area contributed by atoms with Crippen LogP contribution in [-0.2, 0) is 4.79 Å². The number of anilines is 1. The molecule has 1 aromatic rings. The zero-order valence-electron chi connectivity index (χ0n) is 17.1. The number of hydrogen-bond acceptors (Lipinski definition) is 2. The molecule has 2 N–H and O–H groups in total. The number of hydrogen-bond donors (Lipinski definition) is 2. The summed E-state index contributed by atoms with van der Waals surface area (Å²) in [6.45, 7) is 11.9. The van der Waals surface area contributed by atoms with Crippen LogP contribution in [0.4, 0.5) is 10.1 Å². The van der Waals surface area contributed by atoms with Gasteiger partial charge in [0, 0.05) is 18.8 Å². The topological polar surface area (TPSA) is 40.0 Å². The lowest BCUT2D eigenvalue weighted by molar-refractivity contribution is -0.896. The molecule has 1 amide bonds. The van der Waals surface area contributed by atoms with Gasteiger partial charge in [0.1, 0.15) is 5.82 Å². The molecule has 3 rings (SSSR count). The van der Waals surface area contributed by atoms with Gasteiger partial charge < -0.3 is 20.0 Å².